The molecule has 4 nitrogen and oxygen atoms in total. The third-order valence-electron chi connectivity index (χ3n) is 2.58. The van der Waals surface area contributed by atoms with E-state index >= 15 is 0 Å². The van der Waals surface area contributed by atoms with Gasteiger partial charge in [-0.05, 0) is 32.0 Å². The number of nitrogens with one attached hydrogen (secondary N) is 2. The van der Waals surface area contributed by atoms with Gasteiger partial charge in [0, 0.05) is 18.1 Å². The van der Waals surface area contributed by atoms with Gasteiger partial charge in [0.25, 0.3) is 0 Å². The van der Waals surface area contributed by atoms with Crippen LogP contribution in [-0.4, -0.2) is 19.5 Å². The minimum atomic E-state index is -0.478. The SMILES string of the molecule is CNC(=O)C(C)(C)CNc1ccc(Br)cc1N. The maximum Gasteiger partial charge on any atom is 0.227 e. The summed E-state index contributed by atoms with van der Waals surface area (Å²) in [6.45, 7) is 4.29. The number of carbonyl (C=O) groups is 1. The van der Waals surface area contributed by atoms with Gasteiger partial charge in [0.2, 0.25) is 5.91 Å². The molecule has 0 saturated heterocycles. The molecule has 94 valence electrons. The highest BCUT2D eigenvalue weighted by Crippen LogP contribution is 2.24. The van der Waals surface area contributed by atoms with Gasteiger partial charge in [-0.2, -0.15) is 0 Å². The molecule has 0 fully saturated rings. The normalized spacial score (nSPS) is 11.1. The fraction of sp³-hybridized carbons (Fsp3) is 0.417. The number of carbonyl (C=O) groups excluding carboxylic acids is 1. The first-order chi connectivity index (χ1) is 7.86. The lowest BCUT2D eigenvalue weighted by Gasteiger charge is -2.24. The van der Waals surface area contributed by atoms with Gasteiger partial charge in [0.15, 0.2) is 0 Å². The Morgan fingerprint density at radius 2 is 2.12 bits per heavy atom. The van der Waals surface area contributed by atoms with Crippen molar-refractivity contribution in [3.05, 3.63) is 22.7 Å². The first kappa shape index (κ1) is 13.8. The Balaban J connectivity index is 2.70. The quantitative estimate of drug-likeness (QED) is 0.747. The van der Waals surface area contributed by atoms with E-state index in [9.17, 15) is 4.79 Å². The molecule has 0 aliphatic rings. The molecule has 1 rings (SSSR count). The lowest BCUT2D eigenvalue weighted by atomic mass is 9.92. The number of hydrogen-bond acceptors (Lipinski definition) is 3. The van der Waals surface area contributed by atoms with Crippen molar-refractivity contribution in [2.45, 2.75) is 13.8 Å². The molecule has 0 bridgehead atoms. The Kier molecular flexibility index (Phi) is 4.40. The van der Waals surface area contributed by atoms with Crippen molar-refractivity contribution in [3.63, 3.8) is 0 Å². The zero-order valence-electron chi connectivity index (χ0n) is 10.3. The second-order valence-electron chi connectivity index (χ2n) is 4.55. The summed E-state index contributed by atoms with van der Waals surface area (Å²) in [5.41, 5.74) is 6.89. The molecule has 4 N–H and O–H groups in total. The average molecular weight is 300 g/mol. The van der Waals surface area contributed by atoms with Gasteiger partial charge in [-0.25, -0.2) is 0 Å². The first-order valence-corrected chi connectivity index (χ1v) is 6.17. The van der Waals surface area contributed by atoms with E-state index < -0.39 is 5.41 Å². The van der Waals surface area contributed by atoms with Gasteiger partial charge in [-0.15, -0.1) is 0 Å². The first-order valence-electron chi connectivity index (χ1n) is 5.38. The van der Waals surface area contributed by atoms with E-state index in [1.807, 2.05) is 32.0 Å². The standard InChI is InChI=1S/C12H18BrN3O/c1-12(2,11(17)15-3)7-16-10-5-4-8(13)6-9(10)14/h4-6,16H,7,14H2,1-3H3,(H,15,17). The van der Waals surface area contributed by atoms with Gasteiger partial charge in [-0.1, -0.05) is 15.9 Å². The van der Waals surface area contributed by atoms with Crippen LogP contribution >= 0.6 is 15.9 Å². The Morgan fingerprint density at radius 3 is 2.65 bits per heavy atom. The second-order valence-corrected chi connectivity index (χ2v) is 5.46. The maximum absolute atomic E-state index is 11.6. The third-order valence-corrected chi connectivity index (χ3v) is 3.07. The largest absolute Gasteiger partial charge is 0.397 e. The predicted molar refractivity (Wildman–Crippen MR) is 74.9 cm³/mol. The average Bonchev–Trinajstić information content (AvgIpc) is 2.26. The van der Waals surface area contributed by atoms with Crippen LogP contribution in [0.25, 0.3) is 0 Å². The van der Waals surface area contributed by atoms with Crippen molar-refractivity contribution in [1.82, 2.24) is 5.32 Å². The van der Waals surface area contributed by atoms with Crippen molar-refractivity contribution in [3.8, 4) is 0 Å². The summed E-state index contributed by atoms with van der Waals surface area (Å²) in [6, 6.07) is 5.63. The van der Waals surface area contributed by atoms with Crippen LogP contribution in [-0.2, 0) is 4.79 Å². The van der Waals surface area contributed by atoms with Gasteiger partial charge < -0.3 is 16.4 Å². The van der Waals surface area contributed by atoms with Crippen LogP contribution in [0.4, 0.5) is 11.4 Å². The molecule has 17 heavy (non-hydrogen) atoms. The summed E-state index contributed by atoms with van der Waals surface area (Å²) in [5.74, 6) is 0.000633. The Morgan fingerprint density at radius 1 is 1.47 bits per heavy atom. The lowest BCUT2D eigenvalue weighted by molar-refractivity contribution is -0.128. The van der Waals surface area contributed by atoms with Gasteiger partial charge in [0.05, 0.1) is 16.8 Å². The van der Waals surface area contributed by atoms with E-state index in [1.54, 1.807) is 7.05 Å². The van der Waals surface area contributed by atoms with Crippen LogP contribution in [0.1, 0.15) is 13.8 Å². The van der Waals surface area contributed by atoms with E-state index in [1.165, 1.54) is 0 Å². The zero-order valence-corrected chi connectivity index (χ0v) is 11.9. The Bertz CT molecular complexity index is 418. The number of rotatable bonds is 4. The van der Waals surface area contributed by atoms with Crippen molar-refractivity contribution >= 4 is 33.2 Å². The number of nitrogen functional groups attached to an aromatic ring is 1. The molecule has 0 heterocycles. The second kappa shape index (κ2) is 5.40. The Labute approximate surface area is 110 Å². The summed E-state index contributed by atoms with van der Waals surface area (Å²) < 4.78 is 0.936. The monoisotopic (exact) mass is 299 g/mol. The molecule has 0 radical (unpaired) electrons. The third kappa shape index (κ3) is 3.63. The summed E-state index contributed by atoms with van der Waals surface area (Å²) >= 11 is 3.35. The molecule has 1 amide bonds. The van der Waals surface area contributed by atoms with E-state index in [0.29, 0.717) is 12.2 Å². The fourth-order valence-electron chi connectivity index (χ4n) is 1.43. The van der Waals surface area contributed by atoms with Crippen molar-refractivity contribution in [1.29, 1.82) is 0 Å². The van der Waals surface area contributed by atoms with E-state index in [4.69, 9.17) is 5.73 Å². The number of amides is 1. The van der Waals surface area contributed by atoms with E-state index in [2.05, 4.69) is 26.6 Å². The molecule has 1 aromatic rings. The highest BCUT2D eigenvalue weighted by molar-refractivity contribution is 9.10. The molecular weight excluding hydrogens is 282 g/mol. The molecule has 0 aromatic heterocycles. The Hall–Kier alpha value is -1.23. The van der Waals surface area contributed by atoms with Crippen LogP contribution in [0, 0.1) is 5.41 Å². The van der Waals surface area contributed by atoms with Crippen LogP contribution in [0.2, 0.25) is 0 Å². The molecular formula is C12H18BrN3O. The molecule has 1 aromatic carbocycles. The number of halogens is 1. The molecule has 0 atom stereocenters. The topological polar surface area (TPSA) is 67.2 Å². The number of nitrogens with two attached hydrogens (primary N) is 1. The smallest absolute Gasteiger partial charge is 0.227 e. The van der Waals surface area contributed by atoms with Crippen LogP contribution in [0.5, 0.6) is 0 Å². The van der Waals surface area contributed by atoms with Crippen LogP contribution in [0.15, 0.2) is 22.7 Å². The van der Waals surface area contributed by atoms with Crippen LogP contribution in [0.3, 0.4) is 0 Å². The predicted octanol–water partition coefficient (Wildman–Crippen LogP) is 2.22. The van der Waals surface area contributed by atoms with Crippen molar-refractivity contribution in [2.24, 2.45) is 5.41 Å². The number of anilines is 2. The van der Waals surface area contributed by atoms with Crippen molar-refractivity contribution in [2.75, 3.05) is 24.6 Å². The zero-order chi connectivity index (χ0) is 13.1. The van der Waals surface area contributed by atoms with Gasteiger partial charge >= 0.3 is 0 Å². The summed E-state index contributed by atoms with van der Waals surface area (Å²) in [7, 11) is 1.64. The highest BCUT2D eigenvalue weighted by Gasteiger charge is 2.26. The van der Waals surface area contributed by atoms with E-state index in [0.717, 1.165) is 10.2 Å². The molecule has 5 heteroatoms. The fourth-order valence-corrected chi connectivity index (χ4v) is 1.81. The van der Waals surface area contributed by atoms with E-state index in [-0.39, 0.29) is 5.91 Å². The molecule has 0 saturated carbocycles. The molecule has 0 spiro atoms. The molecule has 0 unspecified atom stereocenters. The van der Waals surface area contributed by atoms with Crippen molar-refractivity contribution < 1.29 is 4.79 Å². The van der Waals surface area contributed by atoms with Gasteiger partial charge in [0.1, 0.15) is 0 Å². The number of benzene rings is 1. The summed E-state index contributed by atoms with van der Waals surface area (Å²) in [4.78, 5) is 11.6. The number of hydrogen-bond donors (Lipinski definition) is 3. The minimum absolute atomic E-state index is 0.000633. The minimum Gasteiger partial charge on any atom is -0.397 e. The summed E-state index contributed by atoms with van der Waals surface area (Å²) in [5, 5.41) is 5.84. The summed E-state index contributed by atoms with van der Waals surface area (Å²) in [6.07, 6.45) is 0. The van der Waals surface area contributed by atoms with Crippen LogP contribution < -0.4 is 16.4 Å². The maximum atomic E-state index is 11.6. The molecule has 0 aliphatic carbocycles. The highest BCUT2D eigenvalue weighted by atomic mass is 79.9. The molecule has 0 aliphatic heterocycles. The lowest BCUT2D eigenvalue weighted by Crippen LogP contribution is -2.39. The van der Waals surface area contributed by atoms with Gasteiger partial charge in [-0.3, -0.25) is 4.79 Å².